The van der Waals surface area contributed by atoms with Gasteiger partial charge in [-0.05, 0) is 19.1 Å². The number of Topliss-reactive ketones (excluding diaryl/α,β-unsaturated/α-hetero) is 1. The summed E-state index contributed by atoms with van der Waals surface area (Å²) in [6.07, 6.45) is 0. The zero-order chi connectivity index (χ0) is 13.9. The molecular formula is C12H13F2NO3. The van der Waals surface area contributed by atoms with Gasteiger partial charge in [-0.1, -0.05) is 0 Å². The Balaban J connectivity index is 3.19. The van der Waals surface area contributed by atoms with Crippen molar-refractivity contribution in [1.29, 1.82) is 0 Å². The van der Waals surface area contributed by atoms with Crippen molar-refractivity contribution in [3.8, 4) is 0 Å². The summed E-state index contributed by atoms with van der Waals surface area (Å²) in [6, 6.07) is 1.79. The maximum absolute atomic E-state index is 13.4. The molecule has 0 atom stereocenters. The van der Waals surface area contributed by atoms with Gasteiger partial charge in [0.05, 0.1) is 12.3 Å². The lowest BCUT2D eigenvalue weighted by Gasteiger charge is -2.14. The number of ketones is 1. The van der Waals surface area contributed by atoms with E-state index in [4.69, 9.17) is 0 Å². The lowest BCUT2D eigenvalue weighted by atomic mass is 10.1. The lowest BCUT2D eigenvalue weighted by molar-refractivity contribution is -0.137. The van der Waals surface area contributed by atoms with Crippen LogP contribution in [-0.2, 0) is 9.53 Å². The van der Waals surface area contributed by atoms with Crippen molar-refractivity contribution in [2.45, 2.75) is 6.92 Å². The van der Waals surface area contributed by atoms with Crippen LogP contribution in [-0.4, -0.2) is 32.5 Å². The number of benzene rings is 1. The van der Waals surface area contributed by atoms with Crippen molar-refractivity contribution >= 4 is 17.4 Å². The van der Waals surface area contributed by atoms with Gasteiger partial charge in [0.1, 0.15) is 0 Å². The van der Waals surface area contributed by atoms with Gasteiger partial charge in [-0.2, -0.15) is 0 Å². The summed E-state index contributed by atoms with van der Waals surface area (Å²) < 4.78 is 31.2. The van der Waals surface area contributed by atoms with Crippen molar-refractivity contribution in [3.05, 3.63) is 29.3 Å². The number of carbonyl (C=O) groups is 2. The van der Waals surface area contributed by atoms with Gasteiger partial charge in [0.15, 0.2) is 11.6 Å². The van der Waals surface area contributed by atoms with Gasteiger partial charge < -0.3 is 9.64 Å². The number of carbonyl (C=O) groups excluding carboxylic acids is 2. The van der Waals surface area contributed by atoms with Crippen LogP contribution in [0.4, 0.5) is 14.5 Å². The molecule has 0 unspecified atom stereocenters. The number of anilines is 1. The SMILES string of the molecule is CCOC(=O)C(=O)c1cc(F)c(F)c(N(C)C)c1. The van der Waals surface area contributed by atoms with E-state index in [9.17, 15) is 18.4 Å². The molecule has 98 valence electrons. The van der Waals surface area contributed by atoms with E-state index in [1.807, 2.05) is 0 Å². The van der Waals surface area contributed by atoms with Crippen LogP contribution < -0.4 is 4.90 Å². The average Bonchev–Trinajstić information content (AvgIpc) is 2.31. The molecule has 0 amide bonds. The first-order valence-electron chi connectivity index (χ1n) is 5.26. The van der Waals surface area contributed by atoms with Crippen molar-refractivity contribution in [1.82, 2.24) is 0 Å². The first-order valence-corrected chi connectivity index (χ1v) is 5.26. The third kappa shape index (κ3) is 2.82. The van der Waals surface area contributed by atoms with Gasteiger partial charge in [0, 0.05) is 19.7 Å². The third-order valence-corrected chi connectivity index (χ3v) is 2.21. The number of rotatable bonds is 4. The number of ether oxygens (including phenoxy) is 1. The smallest absolute Gasteiger partial charge is 0.379 e. The lowest BCUT2D eigenvalue weighted by Crippen LogP contribution is -2.19. The number of esters is 1. The molecule has 1 rings (SSSR count). The van der Waals surface area contributed by atoms with E-state index >= 15 is 0 Å². The Morgan fingerprint density at radius 2 is 1.89 bits per heavy atom. The first-order chi connectivity index (χ1) is 8.38. The number of hydrogen-bond acceptors (Lipinski definition) is 4. The Kier molecular flexibility index (Phi) is 4.36. The molecule has 18 heavy (non-hydrogen) atoms. The third-order valence-electron chi connectivity index (χ3n) is 2.21. The van der Waals surface area contributed by atoms with Crippen molar-refractivity contribution in [2.24, 2.45) is 0 Å². The molecular weight excluding hydrogens is 244 g/mol. The van der Waals surface area contributed by atoms with E-state index in [0.717, 1.165) is 6.07 Å². The molecule has 0 aromatic heterocycles. The molecule has 4 nitrogen and oxygen atoms in total. The summed E-state index contributed by atoms with van der Waals surface area (Å²) in [7, 11) is 2.99. The van der Waals surface area contributed by atoms with Crippen LogP contribution in [0.5, 0.6) is 0 Å². The van der Waals surface area contributed by atoms with Crippen molar-refractivity contribution < 1.29 is 23.1 Å². The average molecular weight is 257 g/mol. The summed E-state index contributed by atoms with van der Waals surface area (Å²) in [6.45, 7) is 1.58. The van der Waals surface area contributed by atoms with Gasteiger partial charge in [0.25, 0.3) is 5.78 Å². The molecule has 1 aromatic rings. The van der Waals surface area contributed by atoms with E-state index < -0.39 is 23.4 Å². The zero-order valence-corrected chi connectivity index (χ0v) is 10.3. The molecule has 0 saturated carbocycles. The molecule has 0 aliphatic carbocycles. The highest BCUT2D eigenvalue weighted by atomic mass is 19.2. The molecule has 1 aromatic carbocycles. The highest BCUT2D eigenvalue weighted by Crippen LogP contribution is 2.22. The van der Waals surface area contributed by atoms with E-state index in [1.165, 1.54) is 19.0 Å². The monoisotopic (exact) mass is 257 g/mol. The Labute approximate surface area is 103 Å². The summed E-state index contributed by atoms with van der Waals surface area (Å²) in [4.78, 5) is 24.1. The Bertz CT molecular complexity index is 486. The van der Waals surface area contributed by atoms with Gasteiger partial charge in [-0.3, -0.25) is 4.79 Å². The van der Waals surface area contributed by atoms with Crippen LogP contribution in [0.1, 0.15) is 17.3 Å². The van der Waals surface area contributed by atoms with Gasteiger partial charge in [-0.25, -0.2) is 13.6 Å². The predicted octanol–water partition coefficient (Wildman–Crippen LogP) is 1.78. The second-order valence-electron chi connectivity index (χ2n) is 3.74. The number of halogens is 2. The van der Waals surface area contributed by atoms with Crippen molar-refractivity contribution in [2.75, 3.05) is 25.6 Å². The highest BCUT2D eigenvalue weighted by Gasteiger charge is 2.22. The molecule has 0 fully saturated rings. The van der Waals surface area contributed by atoms with Crippen LogP contribution in [0.2, 0.25) is 0 Å². The molecule has 0 heterocycles. The van der Waals surface area contributed by atoms with E-state index in [-0.39, 0.29) is 17.9 Å². The number of nitrogens with zero attached hydrogens (tertiary/aromatic N) is 1. The van der Waals surface area contributed by atoms with Crippen LogP contribution in [0.25, 0.3) is 0 Å². The largest absolute Gasteiger partial charge is 0.460 e. The van der Waals surface area contributed by atoms with Crippen LogP contribution in [0, 0.1) is 11.6 Å². The Morgan fingerprint density at radius 3 is 2.39 bits per heavy atom. The minimum absolute atomic E-state index is 0.0365. The number of hydrogen-bond donors (Lipinski definition) is 0. The first kappa shape index (κ1) is 14.1. The fourth-order valence-corrected chi connectivity index (χ4v) is 1.35. The Hall–Kier alpha value is -1.98. The second kappa shape index (κ2) is 5.57. The molecule has 6 heteroatoms. The van der Waals surface area contributed by atoms with Gasteiger partial charge >= 0.3 is 5.97 Å². The summed E-state index contributed by atoms with van der Waals surface area (Å²) >= 11 is 0. The van der Waals surface area contributed by atoms with Crippen LogP contribution >= 0.6 is 0 Å². The maximum Gasteiger partial charge on any atom is 0.379 e. The van der Waals surface area contributed by atoms with E-state index in [0.29, 0.717) is 6.07 Å². The van der Waals surface area contributed by atoms with Crippen molar-refractivity contribution in [3.63, 3.8) is 0 Å². The fraction of sp³-hybridized carbons (Fsp3) is 0.333. The molecule has 0 saturated heterocycles. The van der Waals surface area contributed by atoms with E-state index in [1.54, 1.807) is 6.92 Å². The van der Waals surface area contributed by atoms with Gasteiger partial charge in [0.2, 0.25) is 0 Å². The molecule has 0 aliphatic heterocycles. The van der Waals surface area contributed by atoms with E-state index in [2.05, 4.69) is 4.74 Å². The molecule has 0 radical (unpaired) electrons. The standard InChI is InChI=1S/C12H13F2NO3/c1-4-18-12(17)11(16)7-5-8(13)10(14)9(6-7)15(2)3/h5-6H,4H2,1-3H3. The molecule has 0 bridgehead atoms. The molecule has 0 spiro atoms. The van der Waals surface area contributed by atoms with Gasteiger partial charge in [-0.15, -0.1) is 0 Å². The topological polar surface area (TPSA) is 46.6 Å². The minimum atomic E-state index is -1.19. The Morgan fingerprint density at radius 1 is 1.28 bits per heavy atom. The van der Waals surface area contributed by atoms with Crippen LogP contribution in [0.15, 0.2) is 12.1 Å². The summed E-state index contributed by atoms with van der Waals surface area (Å²) in [5.41, 5.74) is -0.348. The zero-order valence-electron chi connectivity index (χ0n) is 10.3. The minimum Gasteiger partial charge on any atom is -0.460 e. The molecule has 0 N–H and O–H groups in total. The fourth-order valence-electron chi connectivity index (χ4n) is 1.35. The second-order valence-corrected chi connectivity index (χ2v) is 3.74. The quantitative estimate of drug-likeness (QED) is 0.468. The summed E-state index contributed by atoms with van der Waals surface area (Å²) in [5, 5.41) is 0. The molecule has 0 aliphatic rings. The maximum atomic E-state index is 13.4. The normalized spacial score (nSPS) is 10.1. The van der Waals surface area contributed by atoms with Crippen LogP contribution in [0.3, 0.4) is 0 Å². The predicted molar refractivity (Wildman–Crippen MR) is 61.6 cm³/mol. The summed E-state index contributed by atoms with van der Waals surface area (Å²) in [5.74, 6) is -4.35. The highest BCUT2D eigenvalue weighted by molar-refractivity contribution is 6.40.